The fourth-order valence-electron chi connectivity index (χ4n) is 9.41. The second kappa shape index (κ2) is 12.0. The summed E-state index contributed by atoms with van der Waals surface area (Å²) < 4.78 is 0. The molecule has 0 aromatic rings. The zero-order chi connectivity index (χ0) is 28.6. The van der Waals surface area contributed by atoms with Crippen molar-refractivity contribution in [2.24, 2.45) is 57.5 Å². The van der Waals surface area contributed by atoms with Crippen LogP contribution in [0.25, 0.3) is 0 Å². The van der Waals surface area contributed by atoms with Gasteiger partial charge in [0.05, 0.1) is 24.4 Å². The second-order valence-corrected chi connectivity index (χ2v) is 15.2. The Labute approximate surface area is 232 Å². The smallest absolute Gasteiger partial charge is 0.217 e. The van der Waals surface area contributed by atoms with E-state index in [2.05, 4.69) is 48.5 Å². The van der Waals surface area contributed by atoms with E-state index in [0.717, 1.165) is 64.2 Å². The van der Waals surface area contributed by atoms with Crippen LogP contribution < -0.4 is 5.73 Å². The Morgan fingerprint density at radius 2 is 1.66 bits per heavy atom. The van der Waals surface area contributed by atoms with E-state index in [1.807, 2.05) is 0 Å². The Hall–Kier alpha value is -0.690. The summed E-state index contributed by atoms with van der Waals surface area (Å²) in [5.74, 6) is 1.72. The van der Waals surface area contributed by atoms with Gasteiger partial charge in [0, 0.05) is 6.42 Å². The number of carbonyl (C=O) groups is 1. The fraction of sp³-hybridized carbons (Fsp3) is 0.969. The average Bonchev–Trinajstić information content (AvgIpc) is 3.18. The van der Waals surface area contributed by atoms with E-state index in [4.69, 9.17) is 5.73 Å². The Bertz CT molecular complexity index is 797. The molecule has 0 radical (unpaired) electrons. The van der Waals surface area contributed by atoms with Crippen molar-refractivity contribution in [2.45, 2.75) is 144 Å². The van der Waals surface area contributed by atoms with E-state index >= 15 is 0 Å². The number of rotatable bonds is 6. The van der Waals surface area contributed by atoms with E-state index in [0.29, 0.717) is 36.0 Å². The molecule has 6 N–H and O–H groups in total. The van der Waals surface area contributed by atoms with Gasteiger partial charge in [0.15, 0.2) is 0 Å². The molecule has 4 fully saturated rings. The molecular formula is C32H59NO5. The normalized spacial score (nSPS) is 44.1. The van der Waals surface area contributed by atoms with Crippen LogP contribution in [-0.2, 0) is 4.79 Å². The van der Waals surface area contributed by atoms with Crippen LogP contribution in [0.1, 0.15) is 119 Å². The zero-order valence-electron chi connectivity index (χ0n) is 25.3. The molecule has 4 saturated carbocycles. The van der Waals surface area contributed by atoms with Crippen molar-refractivity contribution in [3.05, 3.63) is 0 Å². The number of aliphatic hydroxyl groups excluding tert-OH is 4. The van der Waals surface area contributed by atoms with E-state index in [9.17, 15) is 25.2 Å². The SMILES string of the molecule is CCC[C@H](O)C(C)(C)C.C[C@H](CCC(N)=O)[C@H]1CC[C@H]2[C@@H]3[C@H](O)C[C@@H]4C[C@H](O)CC[C@]4(C)[C@H]3C[C@H](O)[C@]12C. The largest absolute Gasteiger partial charge is 0.393 e. The molecule has 4 aliphatic rings. The van der Waals surface area contributed by atoms with Gasteiger partial charge in [-0.1, -0.05) is 54.9 Å². The number of fused-ring (bicyclic) bond motifs is 5. The van der Waals surface area contributed by atoms with Crippen LogP contribution in [0.2, 0.25) is 0 Å². The Morgan fingerprint density at radius 1 is 1.00 bits per heavy atom. The summed E-state index contributed by atoms with van der Waals surface area (Å²) in [6.07, 6.45) is 8.41. The van der Waals surface area contributed by atoms with Gasteiger partial charge in [-0.25, -0.2) is 0 Å². The highest BCUT2D eigenvalue weighted by Gasteiger charge is 2.65. The highest BCUT2D eigenvalue weighted by Crippen LogP contribution is 2.68. The van der Waals surface area contributed by atoms with Crippen LogP contribution in [0, 0.1) is 51.8 Å². The summed E-state index contributed by atoms with van der Waals surface area (Å²) in [6.45, 7) is 15.1. The quantitative estimate of drug-likeness (QED) is 0.325. The zero-order valence-corrected chi connectivity index (χ0v) is 25.3. The molecular weight excluding hydrogens is 478 g/mol. The van der Waals surface area contributed by atoms with Gasteiger partial charge in [0.25, 0.3) is 0 Å². The number of carbonyl (C=O) groups excluding carboxylic acids is 1. The molecule has 0 heterocycles. The molecule has 0 aromatic heterocycles. The molecule has 12 atom stereocenters. The first-order valence-electron chi connectivity index (χ1n) is 15.6. The van der Waals surface area contributed by atoms with Crippen molar-refractivity contribution in [1.29, 1.82) is 0 Å². The third kappa shape index (κ3) is 6.14. The van der Waals surface area contributed by atoms with Crippen molar-refractivity contribution in [2.75, 3.05) is 0 Å². The molecule has 0 spiro atoms. The van der Waals surface area contributed by atoms with Crippen LogP contribution in [0.15, 0.2) is 0 Å². The number of hydrogen-bond donors (Lipinski definition) is 5. The van der Waals surface area contributed by atoms with Gasteiger partial charge in [-0.3, -0.25) is 4.79 Å². The van der Waals surface area contributed by atoms with E-state index < -0.39 is 0 Å². The highest BCUT2D eigenvalue weighted by molar-refractivity contribution is 5.73. The molecule has 222 valence electrons. The number of primary amides is 1. The van der Waals surface area contributed by atoms with Crippen molar-refractivity contribution in [3.8, 4) is 0 Å². The first-order valence-corrected chi connectivity index (χ1v) is 15.6. The average molecular weight is 538 g/mol. The maximum atomic E-state index is 11.5. The lowest BCUT2D eigenvalue weighted by Crippen LogP contribution is -2.62. The van der Waals surface area contributed by atoms with Gasteiger partial charge in [0.2, 0.25) is 5.91 Å². The lowest BCUT2D eigenvalue weighted by atomic mass is 9.43. The monoisotopic (exact) mass is 537 g/mol. The molecule has 4 rings (SSSR count). The third-order valence-electron chi connectivity index (χ3n) is 11.9. The van der Waals surface area contributed by atoms with Gasteiger partial charge in [-0.15, -0.1) is 0 Å². The first-order chi connectivity index (χ1) is 17.6. The number of aliphatic hydroxyl groups is 4. The third-order valence-corrected chi connectivity index (χ3v) is 11.9. The number of amides is 1. The summed E-state index contributed by atoms with van der Waals surface area (Å²) in [6, 6.07) is 0. The van der Waals surface area contributed by atoms with Crippen molar-refractivity contribution in [1.82, 2.24) is 0 Å². The van der Waals surface area contributed by atoms with Crippen molar-refractivity contribution >= 4 is 5.91 Å². The van der Waals surface area contributed by atoms with Gasteiger partial charge in [0.1, 0.15) is 0 Å². The summed E-state index contributed by atoms with van der Waals surface area (Å²) in [5, 5.41) is 42.4. The minimum absolute atomic E-state index is 0.0655. The van der Waals surface area contributed by atoms with Crippen LogP contribution in [0.3, 0.4) is 0 Å². The second-order valence-electron chi connectivity index (χ2n) is 15.2. The minimum atomic E-state index is -0.369. The Balaban J connectivity index is 0.000000383. The van der Waals surface area contributed by atoms with Crippen molar-refractivity contribution in [3.63, 3.8) is 0 Å². The first kappa shape index (κ1) is 31.8. The topological polar surface area (TPSA) is 124 Å². The highest BCUT2D eigenvalue weighted by atomic mass is 16.3. The predicted molar refractivity (Wildman–Crippen MR) is 152 cm³/mol. The summed E-state index contributed by atoms with van der Waals surface area (Å²) in [4.78, 5) is 11.3. The molecule has 0 unspecified atom stereocenters. The lowest BCUT2D eigenvalue weighted by molar-refractivity contribution is -0.207. The van der Waals surface area contributed by atoms with E-state index in [1.165, 1.54) is 0 Å². The molecule has 0 saturated heterocycles. The van der Waals surface area contributed by atoms with Crippen molar-refractivity contribution < 1.29 is 25.2 Å². The van der Waals surface area contributed by atoms with E-state index in [1.54, 1.807) is 0 Å². The van der Waals surface area contributed by atoms with Crippen LogP contribution >= 0.6 is 0 Å². The van der Waals surface area contributed by atoms with Gasteiger partial charge in [-0.05, 0) is 110 Å². The Kier molecular flexibility index (Phi) is 10.1. The molecule has 38 heavy (non-hydrogen) atoms. The molecule has 0 aliphatic heterocycles. The molecule has 0 bridgehead atoms. The maximum absolute atomic E-state index is 11.5. The van der Waals surface area contributed by atoms with Gasteiger partial charge < -0.3 is 26.2 Å². The van der Waals surface area contributed by atoms with Crippen LogP contribution in [-0.4, -0.2) is 50.7 Å². The minimum Gasteiger partial charge on any atom is -0.393 e. The molecule has 6 heteroatoms. The summed E-state index contributed by atoms with van der Waals surface area (Å²) in [5.41, 5.74) is 5.36. The van der Waals surface area contributed by atoms with Gasteiger partial charge >= 0.3 is 0 Å². The Morgan fingerprint density at radius 3 is 2.21 bits per heavy atom. The molecule has 1 amide bonds. The van der Waals surface area contributed by atoms with Gasteiger partial charge in [-0.2, -0.15) is 0 Å². The maximum Gasteiger partial charge on any atom is 0.217 e. The van der Waals surface area contributed by atoms with Crippen LogP contribution in [0.5, 0.6) is 0 Å². The number of hydrogen-bond acceptors (Lipinski definition) is 5. The molecule has 0 aromatic carbocycles. The fourth-order valence-corrected chi connectivity index (χ4v) is 9.41. The molecule has 6 nitrogen and oxygen atoms in total. The number of nitrogens with two attached hydrogens (primary N) is 1. The predicted octanol–water partition coefficient (Wildman–Crippen LogP) is 5.04. The molecule has 4 aliphatic carbocycles. The lowest BCUT2D eigenvalue weighted by Gasteiger charge is -2.63. The van der Waals surface area contributed by atoms with Crippen LogP contribution in [0.4, 0.5) is 0 Å². The van der Waals surface area contributed by atoms with E-state index in [-0.39, 0.29) is 52.5 Å². The summed E-state index contributed by atoms with van der Waals surface area (Å²) >= 11 is 0. The standard InChI is InChI=1S/C24H41NO4.C8H18O/c1-13(4-7-21(25)29)16-5-6-17-22-18(12-20(28)24(16,17)3)23(2)9-8-15(26)10-14(23)11-19(22)27;1-5-6-7(9)8(2,3)4/h13-20,22,26-28H,4-12H2,1-3H3,(H2,25,29);7,9H,5-6H2,1-4H3/t13-,14+,15-,16-,17+,18+,19-,20+,22+,23+,24-;7-/m10/s1. The summed E-state index contributed by atoms with van der Waals surface area (Å²) in [7, 11) is 0.